The molecule has 2 aliphatic carbocycles. The second-order valence-corrected chi connectivity index (χ2v) is 18.0. The van der Waals surface area contributed by atoms with Gasteiger partial charge in [0.2, 0.25) is 9.84 Å². The third-order valence-electron chi connectivity index (χ3n) is 10.8. The Kier molecular flexibility index (Phi) is 10.0. The van der Waals surface area contributed by atoms with Gasteiger partial charge in [0.25, 0.3) is 5.92 Å². The van der Waals surface area contributed by atoms with E-state index < -0.39 is 98.4 Å². The van der Waals surface area contributed by atoms with Crippen LogP contribution in [0.1, 0.15) is 78.1 Å². The average molecular weight is 868 g/mol. The van der Waals surface area contributed by atoms with E-state index in [1.54, 1.807) is 38.4 Å². The van der Waals surface area contributed by atoms with Crippen LogP contribution in [-0.2, 0) is 59.5 Å². The van der Waals surface area contributed by atoms with Crippen LogP contribution in [0.25, 0.3) is 22.0 Å². The van der Waals surface area contributed by atoms with Gasteiger partial charge in [0.05, 0.1) is 23.2 Å². The van der Waals surface area contributed by atoms with E-state index in [-0.39, 0.29) is 40.5 Å². The number of Topliss-reactive ketones (excluding diaryl/α,β-unsaturated/α-hetero) is 1. The van der Waals surface area contributed by atoms with Gasteiger partial charge in [-0.05, 0) is 68.4 Å². The van der Waals surface area contributed by atoms with E-state index in [2.05, 4.69) is 27.0 Å². The molecule has 2 aliphatic rings. The lowest BCUT2D eigenvalue weighted by Gasteiger charge is -2.21. The number of hydrogen-bond acceptors (Lipinski definition) is 8. The van der Waals surface area contributed by atoms with Crippen LogP contribution >= 0.6 is 0 Å². The molecule has 6 aromatic rings. The number of hydrogen-bond donors (Lipinski definition) is 1. The van der Waals surface area contributed by atoms with E-state index in [1.807, 2.05) is 0 Å². The first-order chi connectivity index (χ1) is 28.5. The molecule has 0 saturated heterocycles. The summed E-state index contributed by atoms with van der Waals surface area (Å²) in [5, 5.41) is 18.7. The molecule has 61 heavy (non-hydrogen) atoms. The van der Waals surface area contributed by atoms with Gasteiger partial charge in [-0.2, -0.15) is 32.1 Å². The fourth-order valence-corrected chi connectivity index (χ4v) is 9.47. The number of carbonyl (C=O) groups excluding carboxylic acids is 1. The van der Waals surface area contributed by atoms with Gasteiger partial charge < -0.3 is 9.67 Å². The lowest BCUT2D eigenvalue weighted by atomic mass is 9.86. The largest absolute Gasteiger partial charge is 0.435 e. The molecule has 0 unspecified atom stereocenters. The second-order valence-electron chi connectivity index (χ2n) is 16.1. The molecule has 8 rings (SSSR count). The van der Waals surface area contributed by atoms with Crippen molar-refractivity contribution in [2.75, 3.05) is 0 Å². The molecule has 318 valence electrons. The Labute approximate surface area is 344 Å². The maximum atomic E-state index is 15.5. The number of aryl methyl sites for hydroxylation is 2. The van der Waals surface area contributed by atoms with Gasteiger partial charge in [-0.3, -0.25) is 14.2 Å². The number of pyridine rings is 1. The Bertz CT molecular complexity index is 2920. The molecular weight excluding hydrogens is 832 g/mol. The van der Waals surface area contributed by atoms with Crippen LogP contribution in [0, 0.1) is 29.4 Å². The molecule has 0 aliphatic heterocycles. The zero-order valence-corrected chi connectivity index (χ0v) is 33.7. The molecule has 1 fully saturated rings. The normalized spacial score (nSPS) is 17.5. The number of nitrogens with zero attached hydrogens (tertiary/aromatic N) is 7. The highest BCUT2D eigenvalue weighted by Crippen LogP contribution is 2.68. The molecular formula is C42H36F7N7O4S. The van der Waals surface area contributed by atoms with Gasteiger partial charge in [-0.15, -0.1) is 0 Å². The van der Waals surface area contributed by atoms with Gasteiger partial charge in [0.1, 0.15) is 40.9 Å². The fourth-order valence-electron chi connectivity index (χ4n) is 8.22. The monoisotopic (exact) mass is 867 g/mol. The van der Waals surface area contributed by atoms with Crippen molar-refractivity contribution in [2.45, 2.75) is 80.0 Å². The van der Waals surface area contributed by atoms with Crippen molar-refractivity contribution in [3.63, 3.8) is 0 Å². The number of carbonyl (C=O) groups is 1. The second kappa shape index (κ2) is 14.6. The molecule has 0 bridgehead atoms. The van der Waals surface area contributed by atoms with Crippen molar-refractivity contribution in [2.24, 2.45) is 20.0 Å². The van der Waals surface area contributed by atoms with E-state index >= 15 is 8.78 Å². The molecule has 0 amide bonds. The van der Waals surface area contributed by atoms with Crippen molar-refractivity contribution >= 4 is 26.5 Å². The molecule has 2 aromatic carbocycles. The van der Waals surface area contributed by atoms with Crippen LogP contribution in [0.2, 0.25) is 0 Å². The first-order valence-electron chi connectivity index (χ1n) is 18.9. The summed E-state index contributed by atoms with van der Waals surface area (Å²) >= 11 is 0. The standard InChI is InChI=1S/C42H36F7N7O4S/c1-40(2,58)11-10-26-8-9-28(29-6-5-7-30-33(52-55(4)37(29)30)20-61(59,60)34-19-54(3)21-50-34)36(51-26)23(12-22-13-24(43)16-25(44)14-22)15-27(57)18-56-39-35(38(53-56)42(47,48)49)31-17-32(31)41(39,45)46/h5-9,13-14,16,19,21,23,31-32,58H,12,15,17-18,20H2,1-4H3/t23-,31+,32-/m1/s1. The summed E-state index contributed by atoms with van der Waals surface area (Å²) in [5.74, 6) is -4.93. The molecule has 0 radical (unpaired) electrons. The van der Waals surface area contributed by atoms with Gasteiger partial charge in [-0.1, -0.05) is 24.1 Å². The van der Waals surface area contributed by atoms with Crippen LogP contribution in [0.4, 0.5) is 30.7 Å². The average Bonchev–Trinajstić information content (AvgIpc) is 3.37. The lowest BCUT2D eigenvalue weighted by molar-refractivity contribution is -0.142. The summed E-state index contributed by atoms with van der Waals surface area (Å²) in [6.45, 7) is 1.90. The third-order valence-corrected chi connectivity index (χ3v) is 12.3. The zero-order chi connectivity index (χ0) is 44.0. The molecule has 1 saturated carbocycles. The number of fused-ring (bicyclic) bond motifs is 4. The van der Waals surface area contributed by atoms with E-state index in [0.29, 0.717) is 32.8 Å². The molecule has 11 nitrogen and oxygen atoms in total. The fraction of sp³-hybridized carbons (Fsp3) is 0.357. The van der Waals surface area contributed by atoms with Crippen molar-refractivity contribution in [1.82, 2.24) is 34.1 Å². The summed E-state index contributed by atoms with van der Waals surface area (Å²) in [6.07, 6.45) is -3.34. The van der Waals surface area contributed by atoms with Gasteiger partial charge in [-0.25, -0.2) is 27.2 Å². The van der Waals surface area contributed by atoms with Gasteiger partial charge in [0.15, 0.2) is 16.5 Å². The van der Waals surface area contributed by atoms with Crippen LogP contribution in [0.5, 0.6) is 0 Å². The Balaban J connectivity index is 1.25. The first kappa shape index (κ1) is 41.8. The Morgan fingerprint density at radius 3 is 2.41 bits per heavy atom. The minimum atomic E-state index is -5.06. The quantitative estimate of drug-likeness (QED) is 0.107. The number of aliphatic hydroxyl groups is 1. The number of para-hydroxylation sites is 1. The number of rotatable bonds is 11. The minimum absolute atomic E-state index is 0.0720. The zero-order valence-electron chi connectivity index (χ0n) is 32.9. The minimum Gasteiger partial charge on any atom is -0.378 e. The SMILES string of the molecule is Cn1cnc(S(=O)(=O)Cc2nn(C)c3c(-c4ccc(C#CC(C)(C)O)nc4[C@@H](CC(=O)Cn4nc(C(F)(F)F)c5c4C(F)(F)[C@@H]4C[C@H]54)Cc4cc(F)cc(F)c4)cccc23)c1. The van der Waals surface area contributed by atoms with Crippen molar-refractivity contribution < 1.29 is 49.1 Å². The predicted octanol–water partition coefficient (Wildman–Crippen LogP) is 7.15. The number of sulfone groups is 1. The molecule has 4 heterocycles. The molecule has 1 N–H and O–H groups in total. The smallest absolute Gasteiger partial charge is 0.378 e. The Hall–Kier alpha value is -5.87. The number of ketones is 1. The van der Waals surface area contributed by atoms with E-state index in [1.165, 1.54) is 41.7 Å². The number of imidazole rings is 1. The van der Waals surface area contributed by atoms with Crippen LogP contribution in [0.15, 0.2) is 66.1 Å². The molecule has 3 atom stereocenters. The highest BCUT2D eigenvalue weighted by molar-refractivity contribution is 7.90. The van der Waals surface area contributed by atoms with Gasteiger partial charge >= 0.3 is 6.18 Å². The first-order valence-corrected chi connectivity index (χ1v) is 20.6. The lowest BCUT2D eigenvalue weighted by Crippen LogP contribution is -2.24. The van der Waals surface area contributed by atoms with Crippen LogP contribution in [0.3, 0.4) is 0 Å². The Morgan fingerprint density at radius 2 is 1.75 bits per heavy atom. The summed E-state index contributed by atoms with van der Waals surface area (Å²) in [6, 6.07) is 10.9. The number of halogens is 7. The van der Waals surface area contributed by atoms with Crippen molar-refractivity contribution in [3.8, 4) is 23.0 Å². The van der Waals surface area contributed by atoms with Crippen molar-refractivity contribution in [1.29, 1.82) is 0 Å². The van der Waals surface area contributed by atoms with E-state index in [0.717, 1.165) is 12.1 Å². The highest BCUT2D eigenvalue weighted by atomic mass is 32.2. The topological polar surface area (TPSA) is 138 Å². The number of benzene rings is 2. The summed E-state index contributed by atoms with van der Waals surface area (Å²) in [4.78, 5) is 22.9. The molecule has 4 aromatic heterocycles. The maximum absolute atomic E-state index is 15.5. The number of alkyl halides is 5. The highest BCUT2D eigenvalue weighted by Gasteiger charge is 2.68. The Morgan fingerprint density at radius 1 is 1.03 bits per heavy atom. The summed E-state index contributed by atoms with van der Waals surface area (Å²) in [7, 11) is -0.749. The third kappa shape index (κ3) is 8.06. The predicted molar refractivity (Wildman–Crippen MR) is 206 cm³/mol. The van der Waals surface area contributed by atoms with E-state index in [9.17, 15) is 40.3 Å². The van der Waals surface area contributed by atoms with Crippen LogP contribution < -0.4 is 0 Å². The number of aromatic nitrogens is 7. The van der Waals surface area contributed by atoms with Crippen molar-refractivity contribution in [3.05, 3.63) is 112 Å². The molecule has 0 spiro atoms. The van der Waals surface area contributed by atoms with Gasteiger partial charge in [0, 0.05) is 66.7 Å². The van der Waals surface area contributed by atoms with E-state index in [4.69, 9.17) is 4.98 Å². The summed E-state index contributed by atoms with van der Waals surface area (Å²) < 4.78 is 133. The molecule has 19 heteroatoms. The summed E-state index contributed by atoms with van der Waals surface area (Å²) in [5.41, 5.74) is -2.83. The maximum Gasteiger partial charge on any atom is 0.435 e. The van der Waals surface area contributed by atoms with Crippen LogP contribution in [-0.4, -0.2) is 59.0 Å².